The standard InChI is InChI=1S/C15H16BrNO/c1-17-10-12-4-2-5-13(8-12)11-18-15-7-3-6-14(16)9-15/h2-9,17H,10-11H2,1H3. The lowest BCUT2D eigenvalue weighted by molar-refractivity contribution is 0.306. The molecule has 0 amide bonds. The second kappa shape index (κ2) is 6.57. The third kappa shape index (κ3) is 3.86. The summed E-state index contributed by atoms with van der Waals surface area (Å²) in [6.07, 6.45) is 0. The predicted molar refractivity (Wildman–Crippen MR) is 77.7 cm³/mol. The topological polar surface area (TPSA) is 21.3 Å². The van der Waals surface area contributed by atoms with Crippen LogP contribution >= 0.6 is 15.9 Å². The minimum absolute atomic E-state index is 0.591. The molecule has 0 heterocycles. The molecule has 0 atom stereocenters. The maximum atomic E-state index is 5.76. The predicted octanol–water partition coefficient (Wildman–Crippen LogP) is 3.75. The number of nitrogens with one attached hydrogen (secondary N) is 1. The quantitative estimate of drug-likeness (QED) is 0.908. The van der Waals surface area contributed by atoms with Gasteiger partial charge in [0.25, 0.3) is 0 Å². The second-order valence-corrected chi connectivity index (χ2v) is 5.01. The Morgan fingerprint density at radius 1 is 1.06 bits per heavy atom. The Balaban J connectivity index is 1.99. The average Bonchev–Trinajstić information content (AvgIpc) is 2.37. The van der Waals surface area contributed by atoms with E-state index in [1.165, 1.54) is 11.1 Å². The van der Waals surface area contributed by atoms with Gasteiger partial charge in [0.15, 0.2) is 0 Å². The number of halogens is 1. The Bertz CT molecular complexity index is 513. The molecule has 2 rings (SSSR count). The van der Waals surface area contributed by atoms with E-state index in [4.69, 9.17) is 4.74 Å². The maximum Gasteiger partial charge on any atom is 0.120 e. The zero-order valence-electron chi connectivity index (χ0n) is 10.3. The molecule has 94 valence electrons. The molecule has 0 aliphatic heterocycles. The van der Waals surface area contributed by atoms with E-state index in [0.717, 1.165) is 16.8 Å². The summed E-state index contributed by atoms with van der Waals surface area (Å²) in [4.78, 5) is 0. The van der Waals surface area contributed by atoms with Crippen molar-refractivity contribution in [3.63, 3.8) is 0 Å². The van der Waals surface area contributed by atoms with E-state index < -0.39 is 0 Å². The van der Waals surface area contributed by atoms with Crippen molar-refractivity contribution in [3.8, 4) is 5.75 Å². The van der Waals surface area contributed by atoms with Crippen LogP contribution in [0.3, 0.4) is 0 Å². The Morgan fingerprint density at radius 3 is 2.61 bits per heavy atom. The van der Waals surface area contributed by atoms with Crippen LogP contribution in [0, 0.1) is 0 Å². The van der Waals surface area contributed by atoms with Crippen LogP contribution in [-0.4, -0.2) is 7.05 Å². The van der Waals surface area contributed by atoms with Crippen LogP contribution in [0.4, 0.5) is 0 Å². The molecule has 3 heteroatoms. The molecule has 1 N–H and O–H groups in total. The van der Waals surface area contributed by atoms with Crippen molar-refractivity contribution in [3.05, 3.63) is 64.1 Å². The fraction of sp³-hybridized carbons (Fsp3) is 0.200. The first-order chi connectivity index (χ1) is 8.78. The van der Waals surface area contributed by atoms with Gasteiger partial charge in [0, 0.05) is 11.0 Å². The molecule has 0 unspecified atom stereocenters. The monoisotopic (exact) mass is 305 g/mol. The molecule has 2 aromatic carbocycles. The van der Waals surface area contributed by atoms with Crippen molar-refractivity contribution >= 4 is 15.9 Å². The molecular formula is C15H16BrNO. The van der Waals surface area contributed by atoms with E-state index in [9.17, 15) is 0 Å². The molecule has 0 aromatic heterocycles. The molecule has 0 fully saturated rings. The van der Waals surface area contributed by atoms with Gasteiger partial charge < -0.3 is 10.1 Å². The number of hydrogen-bond donors (Lipinski definition) is 1. The number of hydrogen-bond acceptors (Lipinski definition) is 2. The molecular weight excluding hydrogens is 290 g/mol. The molecule has 18 heavy (non-hydrogen) atoms. The molecule has 0 spiro atoms. The van der Waals surface area contributed by atoms with Crippen molar-refractivity contribution in [1.29, 1.82) is 0 Å². The van der Waals surface area contributed by atoms with Crippen LogP contribution in [-0.2, 0) is 13.2 Å². The van der Waals surface area contributed by atoms with Gasteiger partial charge in [-0.1, -0.05) is 46.3 Å². The van der Waals surface area contributed by atoms with Crippen LogP contribution in [0.5, 0.6) is 5.75 Å². The number of ether oxygens (including phenoxy) is 1. The lowest BCUT2D eigenvalue weighted by Crippen LogP contribution is -2.05. The molecule has 0 aliphatic carbocycles. The van der Waals surface area contributed by atoms with E-state index >= 15 is 0 Å². The van der Waals surface area contributed by atoms with Gasteiger partial charge in [0.1, 0.15) is 12.4 Å². The Kier molecular flexibility index (Phi) is 4.79. The SMILES string of the molecule is CNCc1cccc(COc2cccc(Br)c2)c1. The summed E-state index contributed by atoms with van der Waals surface area (Å²) in [5, 5.41) is 3.15. The van der Waals surface area contributed by atoms with Gasteiger partial charge in [0.2, 0.25) is 0 Å². The zero-order chi connectivity index (χ0) is 12.8. The van der Waals surface area contributed by atoms with Gasteiger partial charge in [-0.25, -0.2) is 0 Å². The maximum absolute atomic E-state index is 5.76. The van der Waals surface area contributed by atoms with Crippen molar-refractivity contribution in [1.82, 2.24) is 5.32 Å². The van der Waals surface area contributed by atoms with Crippen LogP contribution in [0.25, 0.3) is 0 Å². The Hall–Kier alpha value is -1.32. The van der Waals surface area contributed by atoms with Gasteiger partial charge in [-0.05, 0) is 36.4 Å². The summed E-state index contributed by atoms with van der Waals surface area (Å²) in [5.41, 5.74) is 2.45. The van der Waals surface area contributed by atoms with E-state index in [-0.39, 0.29) is 0 Å². The first-order valence-electron chi connectivity index (χ1n) is 5.89. The highest BCUT2D eigenvalue weighted by molar-refractivity contribution is 9.10. The van der Waals surface area contributed by atoms with E-state index in [1.807, 2.05) is 31.3 Å². The summed E-state index contributed by atoms with van der Waals surface area (Å²) in [6, 6.07) is 16.3. The molecule has 0 saturated heterocycles. The fourth-order valence-electron chi connectivity index (χ4n) is 1.76. The van der Waals surface area contributed by atoms with Crippen LogP contribution in [0.2, 0.25) is 0 Å². The highest BCUT2D eigenvalue weighted by Crippen LogP contribution is 2.19. The average molecular weight is 306 g/mol. The first-order valence-corrected chi connectivity index (χ1v) is 6.68. The normalized spacial score (nSPS) is 10.3. The van der Waals surface area contributed by atoms with Crippen LogP contribution < -0.4 is 10.1 Å². The van der Waals surface area contributed by atoms with Gasteiger partial charge in [-0.15, -0.1) is 0 Å². The van der Waals surface area contributed by atoms with Crippen molar-refractivity contribution < 1.29 is 4.74 Å². The molecule has 0 aliphatic rings. The minimum atomic E-state index is 0.591. The smallest absolute Gasteiger partial charge is 0.120 e. The summed E-state index contributed by atoms with van der Waals surface area (Å²) in [6.45, 7) is 1.47. The van der Waals surface area contributed by atoms with E-state index in [1.54, 1.807) is 0 Å². The second-order valence-electron chi connectivity index (χ2n) is 4.10. The summed E-state index contributed by atoms with van der Waals surface area (Å²) in [5.74, 6) is 0.878. The lowest BCUT2D eigenvalue weighted by atomic mass is 10.1. The number of rotatable bonds is 5. The van der Waals surface area contributed by atoms with E-state index in [0.29, 0.717) is 6.61 Å². The minimum Gasteiger partial charge on any atom is -0.489 e. The summed E-state index contributed by atoms with van der Waals surface area (Å²) >= 11 is 3.43. The van der Waals surface area contributed by atoms with Crippen molar-refractivity contribution in [2.75, 3.05) is 7.05 Å². The Morgan fingerprint density at radius 2 is 1.83 bits per heavy atom. The van der Waals surface area contributed by atoms with Gasteiger partial charge >= 0.3 is 0 Å². The number of benzene rings is 2. The fourth-order valence-corrected chi connectivity index (χ4v) is 2.14. The summed E-state index contributed by atoms with van der Waals surface area (Å²) < 4.78 is 6.79. The molecule has 2 nitrogen and oxygen atoms in total. The van der Waals surface area contributed by atoms with E-state index in [2.05, 4.69) is 45.5 Å². The van der Waals surface area contributed by atoms with Crippen LogP contribution in [0.1, 0.15) is 11.1 Å². The van der Waals surface area contributed by atoms with Gasteiger partial charge in [-0.3, -0.25) is 0 Å². The lowest BCUT2D eigenvalue weighted by Gasteiger charge is -2.08. The van der Waals surface area contributed by atoms with Gasteiger partial charge in [-0.2, -0.15) is 0 Å². The van der Waals surface area contributed by atoms with Gasteiger partial charge in [0.05, 0.1) is 0 Å². The zero-order valence-corrected chi connectivity index (χ0v) is 11.9. The van der Waals surface area contributed by atoms with Crippen molar-refractivity contribution in [2.45, 2.75) is 13.2 Å². The molecule has 2 aromatic rings. The highest BCUT2D eigenvalue weighted by Gasteiger charge is 1.98. The third-order valence-corrected chi connectivity index (χ3v) is 3.07. The molecule has 0 bridgehead atoms. The largest absolute Gasteiger partial charge is 0.489 e. The highest BCUT2D eigenvalue weighted by atomic mass is 79.9. The molecule has 0 radical (unpaired) electrons. The third-order valence-electron chi connectivity index (χ3n) is 2.57. The first kappa shape index (κ1) is 13.1. The van der Waals surface area contributed by atoms with Crippen molar-refractivity contribution in [2.24, 2.45) is 0 Å². The molecule has 0 saturated carbocycles. The summed E-state index contributed by atoms with van der Waals surface area (Å²) in [7, 11) is 1.95. The van der Waals surface area contributed by atoms with Crippen LogP contribution in [0.15, 0.2) is 53.0 Å². The Labute approximate surface area is 116 Å².